The number of hydrogen-bond acceptors (Lipinski definition) is 8. The van der Waals surface area contributed by atoms with Gasteiger partial charge in [0.25, 0.3) is 11.5 Å². The molecule has 1 saturated heterocycles. The number of aryl methyl sites for hydroxylation is 3. The molecule has 1 fully saturated rings. The van der Waals surface area contributed by atoms with Gasteiger partial charge < -0.3 is 14.1 Å². The van der Waals surface area contributed by atoms with Crippen molar-refractivity contribution in [1.29, 1.82) is 0 Å². The molecule has 0 aliphatic carbocycles. The van der Waals surface area contributed by atoms with E-state index >= 15 is 0 Å². The van der Waals surface area contributed by atoms with Gasteiger partial charge in [-0.15, -0.1) is 0 Å². The van der Waals surface area contributed by atoms with Crippen molar-refractivity contribution in [3.63, 3.8) is 0 Å². The highest BCUT2D eigenvalue weighted by atomic mass is 32.2. The average molecular weight is 467 g/mol. The van der Waals surface area contributed by atoms with Gasteiger partial charge in [-0.2, -0.15) is 9.40 Å². The van der Waals surface area contributed by atoms with Gasteiger partial charge in [0.15, 0.2) is 0 Å². The highest BCUT2D eigenvalue weighted by Crippen LogP contribution is 2.30. The first-order valence-corrected chi connectivity index (χ1v) is 11.6. The second-order valence-corrected chi connectivity index (χ2v) is 9.26. The zero-order valence-electron chi connectivity index (χ0n) is 18.5. The Morgan fingerprint density at radius 2 is 1.78 bits per heavy atom. The summed E-state index contributed by atoms with van der Waals surface area (Å²) in [6, 6.07) is 2.68. The first-order valence-electron chi connectivity index (χ1n) is 10.2. The summed E-state index contributed by atoms with van der Waals surface area (Å²) in [7, 11) is -2.88. The second kappa shape index (κ2) is 9.25. The van der Waals surface area contributed by atoms with Crippen LogP contribution < -0.4 is 5.56 Å². The largest absolute Gasteiger partial charge is 0.465 e. The Kier molecular flexibility index (Phi) is 6.84. The van der Waals surface area contributed by atoms with E-state index in [1.165, 1.54) is 47.0 Å². The van der Waals surface area contributed by atoms with Crippen LogP contribution in [0, 0.1) is 13.8 Å². The van der Waals surface area contributed by atoms with E-state index in [9.17, 15) is 22.8 Å². The van der Waals surface area contributed by atoms with Gasteiger partial charge in [0.05, 0.1) is 7.11 Å². The molecule has 0 atom stereocenters. The van der Waals surface area contributed by atoms with E-state index in [2.05, 4.69) is 5.10 Å². The summed E-state index contributed by atoms with van der Waals surface area (Å²) in [4.78, 5) is 38.1. The number of esters is 1. The minimum Gasteiger partial charge on any atom is -0.465 e. The number of methoxy groups -OCH3 is 1. The molecule has 0 N–H and O–H groups in total. The van der Waals surface area contributed by atoms with Crippen LogP contribution in [0.4, 0.5) is 0 Å². The third kappa shape index (κ3) is 4.32. The van der Waals surface area contributed by atoms with Crippen LogP contribution in [0.3, 0.4) is 0 Å². The first-order chi connectivity index (χ1) is 15.1. The van der Waals surface area contributed by atoms with Gasteiger partial charge in [-0.05, 0) is 26.3 Å². The summed E-state index contributed by atoms with van der Waals surface area (Å²) in [6.07, 6.45) is 0.696. The number of ether oxygens (including phenoxy) is 1. The second-order valence-electron chi connectivity index (χ2n) is 7.39. The number of hydrogen-bond donors (Lipinski definition) is 0. The van der Waals surface area contributed by atoms with Crippen LogP contribution in [0.2, 0.25) is 0 Å². The fourth-order valence-electron chi connectivity index (χ4n) is 3.67. The fraction of sp³-hybridized carbons (Fsp3) is 0.500. The van der Waals surface area contributed by atoms with Crippen LogP contribution in [0.25, 0.3) is 0 Å². The highest BCUT2D eigenvalue weighted by molar-refractivity contribution is 7.89. The third-order valence-electron chi connectivity index (χ3n) is 5.24. The number of rotatable bonds is 6. The van der Waals surface area contributed by atoms with Gasteiger partial charge in [0.1, 0.15) is 27.7 Å². The van der Waals surface area contributed by atoms with Crippen molar-refractivity contribution in [3.8, 4) is 0 Å². The summed E-state index contributed by atoms with van der Waals surface area (Å²) >= 11 is 0. The fourth-order valence-corrected chi connectivity index (χ4v) is 5.46. The summed E-state index contributed by atoms with van der Waals surface area (Å²) < 4.78 is 39.1. The van der Waals surface area contributed by atoms with Crippen molar-refractivity contribution in [1.82, 2.24) is 19.0 Å². The summed E-state index contributed by atoms with van der Waals surface area (Å²) in [5.41, 5.74) is -0.277. The maximum Gasteiger partial charge on any atom is 0.342 e. The van der Waals surface area contributed by atoms with Crippen LogP contribution in [0.1, 0.15) is 45.7 Å². The normalized spacial score (nSPS) is 15.1. The molecule has 12 heteroatoms. The molecule has 0 bridgehead atoms. The minimum absolute atomic E-state index is 0.0347. The standard InChI is InChI=1S/C20H26N4O7S/c1-5-8-24-16(25)7-6-15(21-24)19(26)22-9-11-23(12-10-22)32(28,29)18-14(3)31-13(2)17(18)20(27)30-4/h6-7H,5,8-12H2,1-4H3. The lowest BCUT2D eigenvalue weighted by atomic mass is 10.2. The molecule has 0 spiro atoms. The quantitative estimate of drug-likeness (QED) is 0.571. The molecule has 2 aromatic rings. The SMILES string of the molecule is CCCn1nc(C(=O)N2CCN(S(=O)(=O)c3c(C)oc(C)c3C(=O)OC)CC2)ccc1=O. The van der Waals surface area contributed by atoms with E-state index in [-0.39, 0.29) is 65.3 Å². The molecule has 1 aliphatic rings. The molecule has 1 amide bonds. The molecule has 2 aromatic heterocycles. The Bertz CT molecular complexity index is 1190. The Morgan fingerprint density at radius 1 is 1.12 bits per heavy atom. The highest BCUT2D eigenvalue weighted by Gasteiger charge is 2.37. The van der Waals surface area contributed by atoms with E-state index in [1.54, 1.807) is 0 Å². The Morgan fingerprint density at radius 3 is 2.38 bits per heavy atom. The molecule has 0 radical (unpaired) electrons. The van der Waals surface area contributed by atoms with E-state index < -0.39 is 16.0 Å². The van der Waals surface area contributed by atoms with Gasteiger partial charge in [-0.1, -0.05) is 6.92 Å². The molecule has 0 aromatic carbocycles. The zero-order valence-corrected chi connectivity index (χ0v) is 19.3. The molecule has 0 unspecified atom stereocenters. The number of carbonyl (C=O) groups is 2. The van der Waals surface area contributed by atoms with Gasteiger partial charge in [0, 0.05) is 38.8 Å². The minimum atomic E-state index is -4.05. The number of nitrogens with zero attached hydrogens (tertiary/aromatic N) is 4. The van der Waals surface area contributed by atoms with Crippen LogP contribution in [0.5, 0.6) is 0 Å². The maximum atomic E-state index is 13.3. The van der Waals surface area contributed by atoms with Crippen molar-refractivity contribution in [3.05, 3.63) is 45.3 Å². The zero-order chi connectivity index (χ0) is 23.6. The van der Waals surface area contributed by atoms with Crippen molar-refractivity contribution in [2.75, 3.05) is 33.3 Å². The third-order valence-corrected chi connectivity index (χ3v) is 7.29. The van der Waals surface area contributed by atoms with Gasteiger partial charge in [0.2, 0.25) is 10.0 Å². The average Bonchev–Trinajstić information content (AvgIpc) is 3.08. The summed E-state index contributed by atoms with van der Waals surface area (Å²) in [5, 5.41) is 4.12. The van der Waals surface area contributed by atoms with E-state index in [0.29, 0.717) is 13.0 Å². The van der Waals surface area contributed by atoms with Gasteiger partial charge in [-0.25, -0.2) is 17.9 Å². The van der Waals surface area contributed by atoms with Crippen LogP contribution >= 0.6 is 0 Å². The maximum absolute atomic E-state index is 13.3. The molecule has 0 saturated carbocycles. The topological polar surface area (TPSA) is 132 Å². The van der Waals surface area contributed by atoms with Crippen molar-refractivity contribution in [2.24, 2.45) is 0 Å². The molecule has 1 aliphatic heterocycles. The van der Waals surface area contributed by atoms with Gasteiger partial charge >= 0.3 is 5.97 Å². The van der Waals surface area contributed by atoms with E-state index in [4.69, 9.17) is 9.15 Å². The predicted molar refractivity (Wildman–Crippen MR) is 113 cm³/mol. The molecule has 32 heavy (non-hydrogen) atoms. The van der Waals surface area contributed by atoms with Crippen molar-refractivity contribution >= 4 is 21.9 Å². The summed E-state index contributed by atoms with van der Waals surface area (Å²) in [5.74, 6) is -0.906. The Labute approximate surface area is 185 Å². The number of amides is 1. The number of aromatic nitrogens is 2. The smallest absolute Gasteiger partial charge is 0.342 e. The molecule has 174 valence electrons. The molecule has 11 nitrogen and oxygen atoms in total. The number of furan rings is 1. The predicted octanol–water partition coefficient (Wildman–Crippen LogP) is 0.796. The lowest BCUT2D eigenvalue weighted by Crippen LogP contribution is -2.51. The molecular weight excluding hydrogens is 440 g/mol. The molecule has 3 heterocycles. The summed E-state index contributed by atoms with van der Waals surface area (Å²) in [6.45, 7) is 5.62. The Balaban J connectivity index is 1.79. The van der Waals surface area contributed by atoms with E-state index in [0.717, 1.165) is 0 Å². The number of sulfonamides is 1. The van der Waals surface area contributed by atoms with Crippen LogP contribution in [-0.2, 0) is 21.3 Å². The number of carbonyl (C=O) groups excluding carboxylic acids is 2. The first kappa shape index (κ1) is 23.7. The van der Waals surface area contributed by atoms with E-state index in [1.807, 2.05) is 6.92 Å². The monoisotopic (exact) mass is 466 g/mol. The van der Waals surface area contributed by atoms with Crippen molar-refractivity contribution < 1.29 is 27.2 Å². The lowest BCUT2D eigenvalue weighted by Gasteiger charge is -2.33. The lowest BCUT2D eigenvalue weighted by molar-refractivity contribution is 0.0594. The molecule has 3 rings (SSSR count). The van der Waals surface area contributed by atoms with Crippen LogP contribution in [-0.4, -0.2) is 72.6 Å². The van der Waals surface area contributed by atoms with Crippen LogP contribution in [0.15, 0.2) is 26.2 Å². The number of piperazine rings is 1. The molecular formula is C20H26N4O7S. The Hall–Kier alpha value is -2.99. The van der Waals surface area contributed by atoms with Crippen molar-refractivity contribution in [2.45, 2.75) is 38.6 Å². The van der Waals surface area contributed by atoms with Gasteiger partial charge in [-0.3, -0.25) is 9.59 Å².